The van der Waals surface area contributed by atoms with Crippen LogP contribution in [0.15, 0.2) is 0 Å². The van der Waals surface area contributed by atoms with Crippen molar-refractivity contribution in [3.05, 3.63) is 0 Å². The first-order valence-electron chi connectivity index (χ1n) is 8.73. The maximum absolute atomic E-state index is 12.3. The van der Waals surface area contributed by atoms with Gasteiger partial charge in [0.05, 0.1) is 6.04 Å². The van der Waals surface area contributed by atoms with Crippen LogP contribution in [0.2, 0.25) is 0 Å². The van der Waals surface area contributed by atoms with Crippen LogP contribution in [0.4, 0.5) is 0 Å². The molecule has 1 spiro atoms. The maximum Gasteiger partial charge on any atom is 0.239 e. The first-order valence-corrected chi connectivity index (χ1v) is 8.73. The summed E-state index contributed by atoms with van der Waals surface area (Å²) in [6.45, 7) is 4.00. The van der Waals surface area contributed by atoms with Crippen molar-refractivity contribution in [1.29, 1.82) is 0 Å². The Labute approximate surface area is 123 Å². The number of hydrogen-bond acceptors (Lipinski definition) is 2. The van der Waals surface area contributed by atoms with E-state index in [1.54, 1.807) is 0 Å². The molecule has 0 bridgehead atoms. The van der Waals surface area contributed by atoms with Gasteiger partial charge in [0.1, 0.15) is 0 Å². The highest BCUT2D eigenvalue weighted by atomic mass is 16.2. The minimum Gasteiger partial charge on any atom is -0.341 e. The van der Waals surface area contributed by atoms with Gasteiger partial charge in [-0.15, -0.1) is 0 Å². The van der Waals surface area contributed by atoms with Gasteiger partial charge in [0, 0.05) is 19.1 Å². The van der Waals surface area contributed by atoms with E-state index in [1.807, 2.05) is 4.90 Å². The van der Waals surface area contributed by atoms with Gasteiger partial charge < -0.3 is 10.2 Å². The van der Waals surface area contributed by atoms with Gasteiger partial charge in [0.15, 0.2) is 0 Å². The molecular formula is C17H30N2O. The number of rotatable bonds is 3. The van der Waals surface area contributed by atoms with Crippen molar-refractivity contribution >= 4 is 5.91 Å². The molecule has 3 fully saturated rings. The quantitative estimate of drug-likeness (QED) is 0.860. The maximum atomic E-state index is 12.3. The smallest absolute Gasteiger partial charge is 0.239 e. The highest BCUT2D eigenvalue weighted by molar-refractivity contribution is 5.81. The molecule has 1 heterocycles. The Balaban J connectivity index is 1.45. The molecule has 1 unspecified atom stereocenters. The molecule has 20 heavy (non-hydrogen) atoms. The number of carbonyl (C=O) groups excluding carboxylic acids is 1. The van der Waals surface area contributed by atoms with Gasteiger partial charge in [-0.2, -0.15) is 0 Å². The number of nitrogens with one attached hydrogen (secondary N) is 1. The lowest BCUT2D eigenvalue weighted by Gasteiger charge is -2.38. The molecule has 2 aliphatic carbocycles. The molecule has 1 aliphatic heterocycles. The van der Waals surface area contributed by atoms with Gasteiger partial charge in [0.25, 0.3) is 0 Å². The minimum atomic E-state index is 0.00993. The van der Waals surface area contributed by atoms with Crippen LogP contribution in [0.1, 0.15) is 71.1 Å². The predicted octanol–water partition coefficient (Wildman–Crippen LogP) is 3.09. The molecule has 2 saturated carbocycles. The fourth-order valence-corrected chi connectivity index (χ4v) is 4.66. The van der Waals surface area contributed by atoms with Crippen LogP contribution >= 0.6 is 0 Å². The van der Waals surface area contributed by atoms with E-state index in [1.165, 1.54) is 64.2 Å². The van der Waals surface area contributed by atoms with Crippen molar-refractivity contribution in [2.45, 2.75) is 83.2 Å². The molecule has 0 aromatic rings. The van der Waals surface area contributed by atoms with Crippen molar-refractivity contribution in [2.75, 3.05) is 13.1 Å². The summed E-state index contributed by atoms with van der Waals surface area (Å²) in [5.74, 6) is 0.323. The Morgan fingerprint density at radius 3 is 2.25 bits per heavy atom. The summed E-state index contributed by atoms with van der Waals surface area (Å²) in [5, 5.41) is 3.61. The predicted molar refractivity (Wildman–Crippen MR) is 81.6 cm³/mol. The van der Waals surface area contributed by atoms with E-state index in [0.717, 1.165) is 13.1 Å². The van der Waals surface area contributed by atoms with Crippen LogP contribution in [-0.2, 0) is 4.79 Å². The summed E-state index contributed by atoms with van der Waals surface area (Å²) in [4.78, 5) is 14.4. The molecular weight excluding hydrogens is 248 g/mol. The fraction of sp³-hybridized carbons (Fsp3) is 0.941. The van der Waals surface area contributed by atoms with E-state index in [-0.39, 0.29) is 6.04 Å². The van der Waals surface area contributed by atoms with Crippen LogP contribution < -0.4 is 5.32 Å². The highest BCUT2D eigenvalue weighted by Crippen LogP contribution is 2.48. The van der Waals surface area contributed by atoms with Gasteiger partial charge >= 0.3 is 0 Å². The van der Waals surface area contributed by atoms with E-state index in [9.17, 15) is 4.79 Å². The van der Waals surface area contributed by atoms with Crippen molar-refractivity contribution in [1.82, 2.24) is 10.2 Å². The third-order valence-electron chi connectivity index (χ3n) is 5.98. The van der Waals surface area contributed by atoms with Crippen molar-refractivity contribution < 1.29 is 4.79 Å². The Kier molecular flexibility index (Phi) is 4.34. The summed E-state index contributed by atoms with van der Waals surface area (Å²) >= 11 is 0. The molecule has 3 nitrogen and oxygen atoms in total. The molecule has 0 aromatic carbocycles. The topological polar surface area (TPSA) is 32.3 Å². The number of hydrogen-bond donors (Lipinski definition) is 1. The Morgan fingerprint density at radius 1 is 1.05 bits per heavy atom. The van der Waals surface area contributed by atoms with Crippen LogP contribution in [-0.4, -0.2) is 36.0 Å². The van der Waals surface area contributed by atoms with Gasteiger partial charge in [-0.1, -0.05) is 12.8 Å². The van der Waals surface area contributed by atoms with Crippen LogP contribution in [0, 0.1) is 5.41 Å². The second kappa shape index (κ2) is 6.05. The van der Waals surface area contributed by atoms with E-state index in [4.69, 9.17) is 0 Å². The zero-order valence-electron chi connectivity index (χ0n) is 13.0. The molecule has 3 heteroatoms. The molecule has 0 radical (unpaired) electrons. The third kappa shape index (κ3) is 3.03. The lowest BCUT2D eigenvalue weighted by atomic mass is 9.71. The van der Waals surface area contributed by atoms with Gasteiger partial charge in [-0.05, 0) is 63.7 Å². The Bertz CT molecular complexity index is 333. The normalized spacial score (nSPS) is 28.1. The SMILES string of the molecule is CC(NC1CCC2(CCCC2)CC1)C(=O)N1CCCC1. The summed E-state index contributed by atoms with van der Waals surface area (Å²) in [7, 11) is 0. The molecule has 1 N–H and O–H groups in total. The zero-order chi connectivity index (χ0) is 14.0. The highest BCUT2D eigenvalue weighted by Gasteiger charge is 2.38. The number of likely N-dealkylation sites (tertiary alicyclic amines) is 1. The van der Waals surface area contributed by atoms with Crippen molar-refractivity contribution in [2.24, 2.45) is 5.41 Å². The second-order valence-corrected chi connectivity index (χ2v) is 7.40. The third-order valence-corrected chi connectivity index (χ3v) is 5.98. The first kappa shape index (κ1) is 14.4. The van der Waals surface area contributed by atoms with Crippen LogP contribution in [0.3, 0.4) is 0 Å². The largest absolute Gasteiger partial charge is 0.341 e. The number of nitrogens with zero attached hydrogens (tertiary/aromatic N) is 1. The molecule has 1 amide bonds. The van der Waals surface area contributed by atoms with E-state index in [0.29, 0.717) is 17.4 Å². The van der Waals surface area contributed by atoms with Crippen molar-refractivity contribution in [3.63, 3.8) is 0 Å². The van der Waals surface area contributed by atoms with Gasteiger partial charge in [-0.25, -0.2) is 0 Å². The number of carbonyl (C=O) groups is 1. The summed E-state index contributed by atoms with van der Waals surface area (Å²) in [5.41, 5.74) is 0.695. The molecule has 114 valence electrons. The lowest BCUT2D eigenvalue weighted by molar-refractivity contribution is -0.132. The molecule has 1 saturated heterocycles. The molecule has 0 aromatic heterocycles. The lowest BCUT2D eigenvalue weighted by Crippen LogP contribution is -2.49. The molecule has 3 aliphatic rings. The average molecular weight is 278 g/mol. The Morgan fingerprint density at radius 2 is 1.65 bits per heavy atom. The molecule has 3 rings (SSSR count). The monoisotopic (exact) mass is 278 g/mol. The van der Waals surface area contributed by atoms with Crippen LogP contribution in [0.25, 0.3) is 0 Å². The minimum absolute atomic E-state index is 0.00993. The number of amides is 1. The first-order chi connectivity index (χ1) is 9.69. The summed E-state index contributed by atoms with van der Waals surface area (Å²) in [6.07, 6.45) is 13.5. The van der Waals surface area contributed by atoms with E-state index in [2.05, 4.69) is 12.2 Å². The Hall–Kier alpha value is -0.570. The summed E-state index contributed by atoms with van der Waals surface area (Å²) in [6, 6.07) is 0.582. The second-order valence-electron chi connectivity index (χ2n) is 7.40. The average Bonchev–Trinajstić information content (AvgIpc) is 3.13. The van der Waals surface area contributed by atoms with E-state index >= 15 is 0 Å². The fourth-order valence-electron chi connectivity index (χ4n) is 4.66. The molecule has 1 atom stereocenters. The van der Waals surface area contributed by atoms with Crippen molar-refractivity contribution in [3.8, 4) is 0 Å². The van der Waals surface area contributed by atoms with E-state index < -0.39 is 0 Å². The standard InChI is InChI=1S/C17H30N2O/c1-14(16(20)19-12-4-5-13-19)18-15-6-10-17(11-7-15)8-2-3-9-17/h14-15,18H,2-13H2,1H3. The van der Waals surface area contributed by atoms with Crippen LogP contribution in [0.5, 0.6) is 0 Å². The van der Waals surface area contributed by atoms with Gasteiger partial charge in [0.2, 0.25) is 5.91 Å². The van der Waals surface area contributed by atoms with Gasteiger partial charge in [-0.3, -0.25) is 4.79 Å². The zero-order valence-corrected chi connectivity index (χ0v) is 13.0. The summed E-state index contributed by atoms with van der Waals surface area (Å²) < 4.78 is 0.